The summed E-state index contributed by atoms with van der Waals surface area (Å²) in [5.74, 6) is -0.597. The van der Waals surface area contributed by atoms with Crippen molar-refractivity contribution in [2.24, 2.45) is 7.05 Å². The van der Waals surface area contributed by atoms with Crippen LogP contribution in [-0.2, 0) is 16.6 Å². The maximum atomic E-state index is 13.3. The fraction of sp³-hybridized carbons (Fsp3) is 0.417. The van der Waals surface area contributed by atoms with E-state index in [1.54, 1.807) is 66.2 Å². The number of piperazine rings is 1. The lowest BCUT2D eigenvalue weighted by atomic mass is 10.0. The summed E-state index contributed by atoms with van der Waals surface area (Å²) in [6.45, 7) is 1.09. The first-order valence-corrected chi connectivity index (χ1v) is 11.3. The van der Waals surface area contributed by atoms with Crippen molar-refractivity contribution in [3.05, 3.63) is 53.9 Å². The molecule has 0 aliphatic carbocycles. The Balaban J connectivity index is 1.57. The molecule has 0 radical (unpaired) electrons. The lowest BCUT2D eigenvalue weighted by Gasteiger charge is -2.41. The van der Waals surface area contributed by atoms with Gasteiger partial charge in [-0.2, -0.15) is 0 Å². The molecule has 2 aliphatic heterocycles. The molecule has 2 aromatic rings. The molecule has 4 rings (SSSR count). The Bertz CT molecular complexity index is 1080. The van der Waals surface area contributed by atoms with Gasteiger partial charge >= 0.3 is 0 Å². The van der Waals surface area contributed by atoms with Crippen LogP contribution in [0, 0.1) is 0 Å². The van der Waals surface area contributed by atoms with Gasteiger partial charge in [-0.3, -0.25) is 19.2 Å². The van der Waals surface area contributed by atoms with E-state index in [4.69, 9.17) is 4.74 Å². The van der Waals surface area contributed by atoms with E-state index in [0.29, 0.717) is 36.5 Å². The molecule has 0 unspecified atom stereocenters. The molecular formula is C24H29N5O5. The zero-order valence-corrected chi connectivity index (χ0v) is 19.3. The summed E-state index contributed by atoms with van der Waals surface area (Å²) >= 11 is 0. The number of hydrogen-bond donors (Lipinski definition) is 2. The van der Waals surface area contributed by atoms with Gasteiger partial charge < -0.3 is 29.7 Å². The molecule has 0 saturated carbocycles. The average molecular weight is 468 g/mol. The van der Waals surface area contributed by atoms with E-state index >= 15 is 0 Å². The maximum absolute atomic E-state index is 13.3. The van der Waals surface area contributed by atoms with Crippen molar-refractivity contribution >= 4 is 23.6 Å². The van der Waals surface area contributed by atoms with Crippen LogP contribution >= 0.6 is 0 Å². The molecule has 10 heteroatoms. The van der Waals surface area contributed by atoms with E-state index in [9.17, 15) is 19.2 Å². The number of nitrogens with zero attached hydrogens (tertiary/aromatic N) is 3. The number of carbonyl (C=O) groups excluding carboxylic acids is 4. The number of aromatic nitrogens is 1. The third-order valence-electron chi connectivity index (χ3n) is 6.33. The van der Waals surface area contributed by atoms with Crippen LogP contribution in [0.1, 0.15) is 33.7 Å². The van der Waals surface area contributed by atoms with Crippen molar-refractivity contribution in [2.75, 3.05) is 33.3 Å². The van der Waals surface area contributed by atoms with Gasteiger partial charge in [0.25, 0.3) is 11.8 Å². The van der Waals surface area contributed by atoms with E-state index in [0.717, 1.165) is 6.42 Å². The molecule has 2 atom stereocenters. The standard InChI is InChI=1S/C24H29N5O5/c1-27-12-4-6-19(27)24(33)28-13-14-29(23(32)16-7-9-17(34-2)10-8-16)20(15-28)22(31)26-18-5-3-11-25-21(18)30/h4,6-10,12,18,20H,3,5,11,13-15H2,1-2H3,(H,25,30)(H,26,31)/t18-,20+/m0/s1. The van der Waals surface area contributed by atoms with Gasteiger partial charge in [-0.1, -0.05) is 0 Å². The largest absolute Gasteiger partial charge is 0.497 e. The highest BCUT2D eigenvalue weighted by Gasteiger charge is 2.39. The third-order valence-corrected chi connectivity index (χ3v) is 6.33. The van der Waals surface area contributed by atoms with E-state index in [2.05, 4.69) is 10.6 Å². The van der Waals surface area contributed by atoms with Crippen molar-refractivity contribution in [2.45, 2.75) is 24.9 Å². The number of nitrogens with one attached hydrogen (secondary N) is 2. The van der Waals surface area contributed by atoms with Crippen LogP contribution in [0.25, 0.3) is 0 Å². The van der Waals surface area contributed by atoms with Crippen LogP contribution in [0.15, 0.2) is 42.6 Å². The second kappa shape index (κ2) is 9.98. The Morgan fingerprint density at radius 3 is 2.50 bits per heavy atom. The van der Waals surface area contributed by atoms with Crippen LogP contribution in [-0.4, -0.2) is 83.4 Å². The van der Waals surface area contributed by atoms with Crippen molar-refractivity contribution in [1.29, 1.82) is 0 Å². The molecule has 180 valence electrons. The van der Waals surface area contributed by atoms with E-state index < -0.39 is 18.0 Å². The second-order valence-corrected chi connectivity index (χ2v) is 8.49. The minimum Gasteiger partial charge on any atom is -0.497 e. The number of ether oxygens (including phenoxy) is 1. The third kappa shape index (κ3) is 4.75. The first-order chi connectivity index (χ1) is 16.4. The Kier molecular flexibility index (Phi) is 6.85. The predicted molar refractivity (Wildman–Crippen MR) is 123 cm³/mol. The molecule has 4 amide bonds. The average Bonchev–Trinajstić information content (AvgIpc) is 3.30. The van der Waals surface area contributed by atoms with Gasteiger partial charge in [0.2, 0.25) is 11.8 Å². The normalized spacial score (nSPS) is 20.5. The van der Waals surface area contributed by atoms with Gasteiger partial charge in [-0.15, -0.1) is 0 Å². The molecule has 1 aromatic heterocycles. The summed E-state index contributed by atoms with van der Waals surface area (Å²) in [5.41, 5.74) is 0.914. The summed E-state index contributed by atoms with van der Waals surface area (Å²) in [4.78, 5) is 55.0. The topological polar surface area (TPSA) is 113 Å². The first kappa shape index (κ1) is 23.3. The smallest absolute Gasteiger partial charge is 0.270 e. The summed E-state index contributed by atoms with van der Waals surface area (Å²) in [6.07, 6.45) is 3.07. The molecular weight excluding hydrogens is 438 g/mol. The maximum Gasteiger partial charge on any atom is 0.270 e. The van der Waals surface area contributed by atoms with Crippen molar-refractivity contribution in [1.82, 2.24) is 25.0 Å². The van der Waals surface area contributed by atoms with Crippen LogP contribution in [0.5, 0.6) is 5.75 Å². The number of benzene rings is 1. The molecule has 3 heterocycles. The number of rotatable bonds is 5. The number of amides is 4. The van der Waals surface area contributed by atoms with Crippen molar-refractivity contribution in [3.63, 3.8) is 0 Å². The van der Waals surface area contributed by atoms with Gasteiger partial charge in [0.15, 0.2) is 0 Å². The second-order valence-electron chi connectivity index (χ2n) is 8.49. The summed E-state index contributed by atoms with van der Waals surface area (Å²) in [6, 6.07) is 8.58. The first-order valence-electron chi connectivity index (χ1n) is 11.3. The van der Waals surface area contributed by atoms with Gasteiger partial charge in [0.05, 0.1) is 13.7 Å². The Morgan fingerprint density at radius 2 is 1.85 bits per heavy atom. The molecule has 0 spiro atoms. The highest BCUT2D eigenvalue weighted by molar-refractivity contribution is 6.00. The van der Waals surface area contributed by atoms with Crippen molar-refractivity contribution in [3.8, 4) is 5.75 Å². The zero-order valence-electron chi connectivity index (χ0n) is 19.3. The summed E-state index contributed by atoms with van der Waals surface area (Å²) in [5, 5.41) is 5.54. The molecule has 2 aliphatic rings. The minimum atomic E-state index is -0.928. The lowest BCUT2D eigenvalue weighted by Crippen LogP contribution is -2.63. The van der Waals surface area contributed by atoms with E-state index in [1.165, 1.54) is 4.90 Å². The Hall–Kier alpha value is -3.82. The number of piperidine rings is 1. The minimum absolute atomic E-state index is 0.0338. The van der Waals surface area contributed by atoms with Gasteiger partial charge in [0, 0.05) is 38.4 Å². The Morgan fingerprint density at radius 1 is 1.09 bits per heavy atom. The lowest BCUT2D eigenvalue weighted by molar-refractivity contribution is -0.133. The molecule has 0 bridgehead atoms. The molecule has 2 N–H and O–H groups in total. The van der Waals surface area contributed by atoms with Crippen molar-refractivity contribution < 1.29 is 23.9 Å². The molecule has 1 aromatic carbocycles. The number of aryl methyl sites for hydroxylation is 1. The summed E-state index contributed by atoms with van der Waals surface area (Å²) in [7, 11) is 3.32. The van der Waals surface area contributed by atoms with Gasteiger partial charge in [0.1, 0.15) is 23.5 Å². The molecule has 10 nitrogen and oxygen atoms in total. The van der Waals surface area contributed by atoms with Crippen LogP contribution in [0.3, 0.4) is 0 Å². The fourth-order valence-corrected chi connectivity index (χ4v) is 4.36. The Labute approximate surface area is 197 Å². The quantitative estimate of drug-likeness (QED) is 0.661. The number of hydrogen-bond acceptors (Lipinski definition) is 5. The SMILES string of the molecule is COc1ccc(C(=O)N2CCN(C(=O)c3cccn3C)C[C@@H]2C(=O)N[C@H]2CCCNC2=O)cc1. The summed E-state index contributed by atoms with van der Waals surface area (Å²) < 4.78 is 6.88. The van der Waals surface area contributed by atoms with Crippen LogP contribution in [0.4, 0.5) is 0 Å². The van der Waals surface area contributed by atoms with Crippen LogP contribution < -0.4 is 15.4 Å². The number of methoxy groups -OCH3 is 1. The predicted octanol–water partition coefficient (Wildman–Crippen LogP) is 0.395. The monoisotopic (exact) mass is 467 g/mol. The fourth-order valence-electron chi connectivity index (χ4n) is 4.36. The van der Waals surface area contributed by atoms with E-state index in [-0.39, 0.29) is 30.8 Å². The zero-order chi connectivity index (χ0) is 24.2. The number of carbonyl (C=O) groups is 4. The molecule has 2 fully saturated rings. The van der Waals surface area contributed by atoms with Gasteiger partial charge in [-0.05, 0) is 49.2 Å². The highest BCUT2D eigenvalue weighted by atomic mass is 16.5. The van der Waals surface area contributed by atoms with E-state index in [1.807, 2.05) is 0 Å². The highest BCUT2D eigenvalue weighted by Crippen LogP contribution is 2.19. The molecule has 34 heavy (non-hydrogen) atoms. The van der Waals surface area contributed by atoms with Gasteiger partial charge in [-0.25, -0.2) is 0 Å². The molecule has 2 saturated heterocycles. The van der Waals surface area contributed by atoms with Crippen LogP contribution in [0.2, 0.25) is 0 Å².